The number of hydrogen-bond donors (Lipinski definition) is 0. The van der Waals surface area contributed by atoms with Crippen molar-refractivity contribution in [3.63, 3.8) is 0 Å². The topological polar surface area (TPSA) is 80.8 Å². The van der Waals surface area contributed by atoms with Gasteiger partial charge in [0.1, 0.15) is 12.0 Å². The summed E-state index contributed by atoms with van der Waals surface area (Å²) in [4.78, 5) is 16.5. The number of carbonyl (C=O) groups excluding carboxylic acids is 1. The number of likely N-dealkylation sites (N-methyl/N-ethyl adjacent to an activating group) is 1. The molecule has 0 N–H and O–H groups in total. The first-order chi connectivity index (χ1) is 10.2. The molecule has 0 fully saturated rings. The number of amidine groups is 1. The van der Waals surface area contributed by atoms with E-state index < -0.39 is 0 Å². The van der Waals surface area contributed by atoms with Gasteiger partial charge in [-0.1, -0.05) is 16.4 Å². The number of hydrogen-bond acceptors (Lipinski definition) is 6. The summed E-state index contributed by atoms with van der Waals surface area (Å²) in [5, 5.41) is 10.9. The van der Waals surface area contributed by atoms with E-state index in [1.165, 1.54) is 18.3 Å². The molecule has 108 valence electrons. The molecule has 0 saturated heterocycles. The van der Waals surface area contributed by atoms with Gasteiger partial charge in [-0.3, -0.25) is 4.79 Å². The summed E-state index contributed by atoms with van der Waals surface area (Å²) < 4.78 is 17.9. The maximum absolute atomic E-state index is 13.3. The van der Waals surface area contributed by atoms with Gasteiger partial charge in [0.25, 0.3) is 0 Å². The van der Waals surface area contributed by atoms with E-state index in [2.05, 4.69) is 24.9 Å². The molecule has 1 aliphatic carbocycles. The fourth-order valence-electron chi connectivity index (χ4n) is 2.37. The predicted molar refractivity (Wildman–Crippen MR) is 68.6 cm³/mol. The molecule has 1 atom stereocenters. The lowest BCUT2D eigenvalue weighted by atomic mass is 9.82. The molecule has 0 radical (unpaired) electrons. The molecule has 1 aliphatic rings. The van der Waals surface area contributed by atoms with Gasteiger partial charge in [-0.15, -0.1) is 0 Å². The van der Waals surface area contributed by atoms with Gasteiger partial charge >= 0.3 is 6.47 Å². The summed E-state index contributed by atoms with van der Waals surface area (Å²) in [5.74, 6) is -0.0131. The summed E-state index contributed by atoms with van der Waals surface area (Å²) in [5.41, 5.74) is 2.26. The van der Waals surface area contributed by atoms with E-state index >= 15 is 0 Å². The number of aromatic nitrogens is 2. The van der Waals surface area contributed by atoms with Crippen molar-refractivity contribution in [2.24, 2.45) is 5.16 Å². The molecule has 7 nitrogen and oxygen atoms in total. The van der Waals surface area contributed by atoms with E-state index in [0.29, 0.717) is 5.69 Å². The van der Waals surface area contributed by atoms with E-state index in [1.807, 2.05) is 0 Å². The molecule has 0 bridgehead atoms. The second kappa shape index (κ2) is 5.31. The molecule has 1 aromatic heterocycles. The third-order valence-electron chi connectivity index (χ3n) is 3.45. The normalized spacial score (nSPS) is 16.9. The molecule has 1 heterocycles. The Morgan fingerprint density at radius 2 is 2.48 bits per heavy atom. The van der Waals surface area contributed by atoms with Crippen molar-refractivity contribution in [3.05, 3.63) is 47.0 Å². The molecule has 1 aromatic carbocycles. The average molecular weight is 290 g/mol. The van der Waals surface area contributed by atoms with Crippen LogP contribution in [0.5, 0.6) is 0 Å². The highest BCUT2D eigenvalue weighted by molar-refractivity contribution is 5.96. The van der Waals surface area contributed by atoms with E-state index in [0.717, 1.165) is 17.5 Å². The standard InChI is InChI=1S/C13H11FN4O3/c1-18(12-4-8-2-3-9(14)5-10(8)12)13(17-20-7-19)11-6-15-21-16-11/h2-3,5-7,12H,4H2,1H3/b17-13-. The van der Waals surface area contributed by atoms with Crippen LogP contribution in [-0.2, 0) is 16.1 Å². The zero-order valence-corrected chi connectivity index (χ0v) is 11.1. The fourth-order valence-corrected chi connectivity index (χ4v) is 2.37. The number of benzene rings is 1. The van der Waals surface area contributed by atoms with E-state index in [4.69, 9.17) is 0 Å². The summed E-state index contributed by atoms with van der Waals surface area (Å²) in [6, 6.07) is 4.59. The number of fused-ring (bicyclic) bond motifs is 1. The zero-order chi connectivity index (χ0) is 14.8. The first kappa shape index (κ1) is 13.2. The lowest BCUT2D eigenvalue weighted by Crippen LogP contribution is -2.38. The molecule has 3 rings (SSSR count). The number of oxime groups is 1. The van der Waals surface area contributed by atoms with Gasteiger partial charge in [0.05, 0.1) is 6.04 Å². The fraction of sp³-hybridized carbons (Fsp3) is 0.231. The Labute approximate surface area is 118 Å². The molecule has 0 amide bonds. The van der Waals surface area contributed by atoms with Crippen molar-refractivity contribution in [1.82, 2.24) is 15.2 Å². The lowest BCUT2D eigenvalue weighted by Gasteiger charge is -2.38. The van der Waals surface area contributed by atoms with Gasteiger partial charge in [-0.25, -0.2) is 9.02 Å². The first-order valence-corrected chi connectivity index (χ1v) is 6.17. The molecule has 8 heteroatoms. The van der Waals surface area contributed by atoms with Crippen LogP contribution in [0.25, 0.3) is 0 Å². The van der Waals surface area contributed by atoms with Crippen molar-refractivity contribution in [3.8, 4) is 0 Å². The number of carbonyl (C=O) groups is 1. The Kier molecular flexibility index (Phi) is 3.35. The van der Waals surface area contributed by atoms with Crippen molar-refractivity contribution < 1.29 is 18.7 Å². The Balaban J connectivity index is 1.89. The molecule has 0 saturated carbocycles. The van der Waals surface area contributed by atoms with Crippen molar-refractivity contribution in [2.45, 2.75) is 12.5 Å². The van der Waals surface area contributed by atoms with E-state index in [1.54, 1.807) is 18.0 Å². The molecule has 2 aromatic rings. The summed E-state index contributed by atoms with van der Waals surface area (Å²) in [6.07, 6.45) is 2.09. The van der Waals surface area contributed by atoms with Crippen molar-refractivity contribution in [2.75, 3.05) is 7.05 Å². The van der Waals surface area contributed by atoms with Gasteiger partial charge in [-0.2, -0.15) is 0 Å². The molecule has 1 unspecified atom stereocenters. The Hall–Kier alpha value is -2.77. The highest BCUT2D eigenvalue weighted by Crippen LogP contribution is 2.38. The van der Waals surface area contributed by atoms with E-state index in [-0.39, 0.29) is 24.2 Å². The number of halogens is 1. The summed E-state index contributed by atoms with van der Waals surface area (Å²) in [6.45, 7) is 0.204. The number of nitrogens with zero attached hydrogens (tertiary/aromatic N) is 4. The van der Waals surface area contributed by atoms with Gasteiger partial charge < -0.3 is 9.74 Å². The van der Waals surface area contributed by atoms with Crippen LogP contribution in [0.2, 0.25) is 0 Å². The minimum absolute atomic E-state index is 0.0820. The lowest BCUT2D eigenvalue weighted by molar-refractivity contribution is -0.128. The summed E-state index contributed by atoms with van der Waals surface area (Å²) in [7, 11) is 1.75. The maximum atomic E-state index is 13.3. The monoisotopic (exact) mass is 290 g/mol. The van der Waals surface area contributed by atoms with Crippen LogP contribution in [0.1, 0.15) is 22.9 Å². The van der Waals surface area contributed by atoms with Crippen LogP contribution >= 0.6 is 0 Å². The third kappa shape index (κ3) is 2.35. The van der Waals surface area contributed by atoms with Crippen LogP contribution in [0.3, 0.4) is 0 Å². The zero-order valence-electron chi connectivity index (χ0n) is 11.1. The smallest absolute Gasteiger partial charge is 0.323 e. The largest absolute Gasteiger partial charge is 0.348 e. The molecule has 0 aliphatic heterocycles. The van der Waals surface area contributed by atoms with Gasteiger partial charge in [0, 0.05) is 7.05 Å². The predicted octanol–water partition coefficient (Wildman–Crippen LogP) is 1.27. The van der Waals surface area contributed by atoms with Crippen LogP contribution in [0, 0.1) is 5.82 Å². The first-order valence-electron chi connectivity index (χ1n) is 6.17. The maximum Gasteiger partial charge on any atom is 0.323 e. The second-order valence-corrected chi connectivity index (χ2v) is 4.58. The molecule has 21 heavy (non-hydrogen) atoms. The number of rotatable bonds is 4. The minimum Gasteiger partial charge on any atom is -0.348 e. The average Bonchev–Trinajstić information content (AvgIpc) is 2.97. The van der Waals surface area contributed by atoms with Gasteiger partial charge in [0.15, 0.2) is 11.5 Å². The summed E-state index contributed by atoms with van der Waals surface area (Å²) >= 11 is 0. The van der Waals surface area contributed by atoms with Gasteiger partial charge in [-0.05, 0) is 34.8 Å². The Morgan fingerprint density at radius 1 is 1.62 bits per heavy atom. The molecular formula is C13H11FN4O3. The van der Waals surface area contributed by atoms with Crippen molar-refractivity contribution in [1.29, 1.82) is 0 Å². The highest BCUT2D eigenvalue weighted by atomic mass is 19.1. The van der Waals surface area contributed by atoms with Crippen LogP contribution in [-0.4, -0.2) is 34.6 Å². The van der Waals surface area contributed by atoms with Crippen molar-refractivity contribution >= 4 is 12.3 Å². The second-order valence-electron chi connectivity index (χ2n) is 4.58. The Bertz CT molecular complexity index is 687. The van der Waals surface area contributed by atoms with Gasteiger partial charge in [0.2, 0.25) is 0 Å². The quantitative estimate of drug-likeness (QED) is 0.277. The molecular weight excluding hydrogens is 279 g/mol. The third-order valence-corrected chi connectivity index (χ3v) is 3.45. The highest BCUT2D eigenvalue weighted by Gasteiger charge is 2.33. The minimum atomic E-state index is -0.294. The SMILES string of the molecule is CN(/C(=N\OC=O)c1cnon1)C1Cc2ccc(F)cc21. The molecule has 0 spiro atoms. The van der Waals surface area contributed by atoms with Crippen LogP contribution in [0.4, 0.5) is 4.39 Å². The van der Waals surface area contributed by atoms with E-state index in [9.17, 15) is 9.18 Å². The Morgan fingerprint density at radius 3 is 3.19 bits per heavy atom. The van der Waals surface area contributed by atoms with Crippen LogP contribution in [0.15, 0.2) is 34.2 Å². The van der Waals surface area contributed by atoms with Crippen LogP contribution < -0.4 is 0 Å².